The lowest BCUT2D eigenvalue weighted by atomic mass is 9.80. The van der Waals surface area contributed by atoms with E-state index in [9.17, 15) is 17.7 Å². The molecule has 2 aromatic rings. The minimum Gasteiger partial charge on any atom is -0.453 e. The predicted molar refractivity (Wildman–Crippen MR) is 50.3 cm³/mol. The van der Waals surface area contributed by atoms with Crippen molar-refractivity contribution in [2.45, 2.75) is 0 Å². The van der Waals surface area contributed by atoms with Gasteiger partial charge in [0.25, 0.3) is 0 Å². The summed E-state index contributed by atoms with van der Waals surface area (Å²) in [7, 11) is 0. The number of hydrogen-bond acceptors (Lipinski definition) is 2. The Labute approximate surface area is 82.7 Å². The second kappa shape index (κ2) is 3.15. The van der Waals surface area contributed by atoms with Gasteiger partial charge in [-0.2, -0.15) is 0 Å². The number of carbonyl (C=O) groups is 1. The van der Waals surface area contributed by atoms with E-state index in [1.165, 1.54) is 12.1 Å². The van der Waals surface area contributed by atoms with E-state index in [1.54, 1.807) is 0 Å². The van der Waals surface area contributed by atoms with Crippen molar-refractivity contribution >= 4 is 29.7 Å². The molecule has 0 atom stereocenters. The zero-order chi connectivity index (χ0) is 11.1. The van der Waals surface area contributed by atoms with Gasteiger partial charge in [0.1, 0.15) is 5.58 Å². The molecule has 0 bridgehead atoms. The van der Waals surface area contributed by atoms with Crippen LogP contribution >= 0.6 is 0 Å². The van der Waals surface area contributed by atoms with Crippen LogP contribution in [0.25, 0.3) is 11.0 Å². The van der Waals surface area contributed by atoms with E-state index in [2.05, 4.69) is 0 Å². The number of carbonyl (C=O) groups excluding carboxylic acids is 1. The second-order valence-corrected chi connectivity index (χ2v) is 3.14. The third-order valence-corrected chi connectivity index (χ3v) is 2.05. The van der Waals surface area contributed by atoms with Crippen molar-refractivity contribution in [2.24, 2.45) is 0 Å². The fourth-order valence-corrected chi connectivity index (χ4v) is 1.34. The van der Waals surface area contributed by atoms with Gasteiger partial charge in [-0.3, -0.25) is 4.79 Å². The number of fused-ring (bicyclic) bond motifs is 1. The number of halogens is 3. The summed E-state index contributed by atoms with van der Waals surface area (Å²) in [6.45, 7) is -5.01. The second-order valence-electron chi connectivity index (χ2n) is 3.14. The summed E-state index contributed by atoms with van der Waals surface area (Å²) in [5.74, 6) is 0.0248. The van der Waals surface area contributed by atoms with Crippen LogP contribution in [0.4, 0.5) is 12.9 Å². The number of aldehydes is 1. The molecule has 1 aromatic carbocycles. The summed E-state index contributed by atoms with van der Waals surface area (Å²) in [4.78, 5) is 10.3. The van der Waals surface area contributed by atoms with Crippen LogP contribution in [-0.2, 0) is 0 Å². The van der Waals surface area contributed by atoms with Crippen molar-refractivity contribution in [1.82, 2.24) is 0 Å². The number of benzene rings is 1. The number of hydrogen-bond donors (Lipinski definition) is 0. The maximum absolute atomic E-state index is 12.4. The maximum Gasteiger partial charge on any atom is 0.509 e. The zero-order valence-electron chi connectivity index (χ0n) is 7.41. The van der Waals surface area contributed by atoms with Gasteiger partial charge in [0.15, 0.2) is 12.0 Å². The van der Waals surface area contributed by atoms with Crippen LogP contribution in [0.3, 0.4) is 0 Å². The van der Waals surface area contributed by atoms with Crippen molar-refractivity contribution in [3.8, 4) is 0 Å². The lowest BCUT2D eigenvalue weighted by Crippen LogP contribution is -2.33. The monoisotopic (exact) mass is 213 g/mol. The summed E-state index contributed by atoms with van der Waals surface area (Å²) in [6, 6.07) is 4.42. The molecule has 0 fully saturated rings. The molecular formula is C9H5BF3O2-. The zero-order valence-corrected chi connectivity index (χ0v) is 7.41. The smallest absolute Gasteiger partial charge is 0.453 e. The average Bonchev–Trinajstić information content (AvgIpc) is 2.57. The van der Waals surface area contributed by atoms with Gasteiger partial charge in [-0.1, -0.05) is 12.1 Å². The molecule has 2 nitrogen and oxygen atoms in total. The quantitative estimate of drug-likeness (QED) is 0.565. The molecule has 1 heterocycles. The lowest BCUT2D eigenvalue weighted by Gasteiger charge is -2.13. The Balaban J connectivity index is 2.60. The normalized spacial score (nSPS) is 11.9. The van der Waals surface area contributed by atoms with E-state index >= 15 is 0 Å². The van der Waals surface area contributed by atoms with Crippen LogP contribution in [0.2, 0.25) is 0 Å². The van der Waals surface area contributed by atoms with E-state index in [0.29, 0.717) is 6.29 Å². The molecule has 1 aromatic heterocycles. The molecule has 0 amide bonds. The third-order valence-electron chi connectivity index (χ3n) is 2.05. The van der Waals surface area contributed by atoms with Crippen molar-refractivity contribution in [1.29, 1.82) is 0 Å². The number of furan rings is 1. The molecule has 0 saturated heterocycles. The van der Waals surface area contributed by atoms with Gasteiger partial charge >= 0.3 is 6.98 Å². The fourth-order valence-electron chi connectivity index (χ4n) is 1.34. The first-order chi connectivity index (χ1) is 7.00. The molecule has 0 spiro atoms. The van der Waals surface area contributed by atoms with Crippen molar-refractivity contribution in [3.63, 3.8) is 0 Å². The Bertz CT molecular complexity index is 516. The molecule has 0 radical (unpaired) electrons. The van der Waals surface area contributed by atoms with E-state index < -0.39 is 12.4 Å². The topological polar surface area (TPSA) is 30.2 Å². The Morgan fingerprint density at radius 3 is 2.53 bits per heavy atom. The summed E-state index contributed by atoms with van der Waals surface area (Å²) >= 11 is 0. The minimum atomic E-state index is -5.01. The highest BCUT2D eigenvalue weighted by Crippen LogP contribution is 2.19. The van der Waals surface area contributed by atoms with Crippen LogP contribution in [0.15, 0.2) is 28.7 Å². The first-order valence-corrected chi connectivity index (χ1v) is 4.19. The molecule has 78 valence electrons. The molecule has 0 aliphatic heterocycles. The Hall–Kier alpha value is -1.72. The average molecular weight is 213 g/mol. The van der Waals surface area contributed by atoms with Crippen molar-refractivity contribution in [3.05, 3.63) is 30.0 Å². The Morgan fingerprint density at radius 2 is 1.93 bits per heavy atom. The first kappa shape index (κ1) is 9.83. The predicted octanol–water partition coefficient (Wildman–Crippen LogP) is 2.30. The van der Waals surface area contributed by atoms with E-state index in [4.69, 9.17) is 4.42 Å². The van der Waals surface area contributed by atoms with Gasteiger partial charge in [0.05, 0.1) is 0 Å². The van der Waals surface area contributed by atoms with Gasteiger partial charge in [-0.25, -0.2) is 0 Å². The molecule has 15 heavy (non-hydrogen) atoms. The molecule has 0 unspecified atom stereocenters. The Kier molecular flexibility index (Phi) is 2.06. The lowest BCUT2D eigenvalue weighted by molar-refractivity contribution is 0.110. The summed E-state index contributed by atoms with van der Waals surface area (Å²) < 4.78 is 42.1. The fraction of sp³-hybridized carbons (Fsp3) is 0. The van der Waals surface area contributed by atoms with Crippen molar-refractivity contribution in [2.75, 3.05) is 0 Å². The largest absolute Gasteiger partial charge is 0.509 e. The number of rotatable bonds is 2. The van der Waals surface area contributed by atoms with E-state index in [-0.39, 0.29) is 16.7 Å². The highest BCUT2D eigenvalue weighted by Gasteiger charge is 2.25. The molecule has 0 aliphatic carbocycles. The van der Waals surface area contributed by atoms with Gasteiger partial charge in [-0.05, 0) is 12.1 Å². The summed E-state index contributed by atoms with van der Waals surface area (Å²) in [6.07, 6.45) is 0.457. The van der Waals surface area contributed by atoms with Gasteiger partial charge in [0.2, 0.25) is 0 Å². The van der Waals surface area contributed by atoms with Crippen LogP contribution in [-0.4, -0.2) is 13.3 Å². The highest BCUT2D eigenvalue weighted by atomic mass is 19.4. The Morgan fingerprint density at radius 1 is 1.20 bits per heavy atom. The summed E-state index contributed by atoms with van der Waals surface area (Å²) in [5.41, 5.74) is -0.415. The van der Waals surface area contributed by atoms with Crippen molar-refractivity contribution < 1.29 is 22.2 Å². The van der Waals surface area contributed by atoms with Gasteiger partial charge in [-0.15, -0.1) is 5.46 Å². The van der Waals surface area contributed by atoms with Crippen LogP contribution < -0.4 is 5.46 Å². The van der Waals surface area contributed by atoms with Gasteiger partial charge in [0, 0.05) is 5.39 Å². The van der Waals surface area contributed by atoms with Gasteiger partial charge < -0.3 is 17.4 Å². The van der Waals surface area contributed by atoms with Crippen LogP contribution in [0.1, 0.15) is 10.6 Å². The maximum atomic E-state index is 12.4. The van der Waals surface area contributed by atoms with E-state index in [0.717, 1.165) is 12.1 Å². The molecule has 6 heteroatoms. The summed E-state index contributed by atoms with van der Waals surface area (Å²) in [5, 5.41) is 0.286. The van der Waals surface area contributed by atoms with Crippen LogP contribution in [0, 0.1) is 0 Å². The minimum absolute atomic E-state index is 0.0248. The SMILES string of the molecule is O=Cc1cc2cc([B-](F)(F)F)ccc2o1. The van der Waals surface area contributed by atoms with E-state index in [1.807, 2.05) is 0 Å². The molecule has 2 rings (SSSR count). The standard InChI is InChI=1S/C9H5BF3O2/c11-10(12,13)7-1-2-9-6(3-7)4-8(5-14)15-9/h1-5H/q-1. The molecule has 0 aliphatic rings. The molecule has 0 N–H and O–H groups in total. The third kappa shape index (κ3) is 1.75. The first-order valence-electron chi connectivity index (χ1n) is 4.19. The van der Waals surface area contributed by atoms with Crippen LogP contribution in [0.5, 0.6) is 0 Å². The molecule has 0 saturated carbocycles. The molecular weight excluding hydrogens is 208 g/mol. The highest BCUT2D eigenvalue weighted by molar-refractivity contribution is 6.73.